The van der Waals surface area contributed by atoms with E-state index in [1.807, 2.05) is 18.2 Å². The molecule has 1 heterocycles. The minimum absolute atomic E-state index is 0.778. The summed E-state index contributed by atoms with van der Waals surface area (Å²) >= 11 is 0. The summed E-state index contributed by atoms with van der Waals surface area (Å²) < 4.78 is 0. The number of aryl methyl sites for hydroxylation is 1. The van der Waals surface area contributed by atoms with E-state index in [0.29, 0.717) is 0 Å². The number of carbonyl (C=O) groups excluding carboxylic acids is 1. The Hall–Kier alpha value is -1.19. The number of hydrogen-bond acceptors (Lipinski definition) is 3. The van der Waals surface area contributed by atoms with Gasteiger partial charge in [-0.25, -0.2) is 0 Å². The van der Waals surface area contributed by atoms with Crippen LogP contribution in [0.1, 0.15) is 21.5 Å². The fourth-order valence-corrected chi connectivity index (χ4v) is 2.18. The molecule has 0 radical (unpaired) electrons. The van der Waals surface area contributed by atoms with Gasteiger partial charge in [-0.1, -0.05) is 12.1 Å². The molecule has 17 heavy (non-hydrogen) atoms. The molecular weight excluding hydrogens is 212 g/mol. The Morgan fingerprint density at radius 3 is 2.59 bits per heavy atom. The number of likely N-dealkylation sites (N-methyl/N-ethyl adjacent to an activating group) is 1. The molecule has 0 aliphatic carbocycles. The van der Waals surface area contributed by atoms with Gasteiger partial charge < -0.3 is 4.90 Å². The summed E-state index contributed by atoms with van der Waals surface area (Å²) in [6.45, 7) is 7.56. The van der Waals surface area contributed by atoms with Crippen LogP contribution >= 0.6 is 0 Å². The van der Waals surface area contributed by atoms with Gasteiger partial charge in [0.25, 0.3) is 0 Å². The lowest BCUT2D eigenvalue weighted by Gasteiger charge is -2.32. The van der Waals surface area contributed by atoms with E-state index >= 15 is 0 Å². The predicted octanol–water partition coefficient (Wildman–Crippen LogP) is 1.55. The number of carbonyl (C=O) groups is 1. The molecule has 92 valence electrons. The molecule has 0 amide bonds. The summed E-state index contributed by atoms with van der Waals surface area (Å²) in [6, 6.07) is 5.94. The van der Waals surface area contributed by atoms with Crippen molar-refractivity contribution in [2.45, 2.75) is 13.5 Å². The minimum Gasteiger partial charge on any atom is -0.304 e. The lowest BCUT2D eigenvalue weighted by molar-refractivity contribution is 0.112. The highest BCUT2D eigenvalue weighted by molar-refractivity contribution is 5.75. The second-order valence-corrected chi connectivity index (χ2v) is 4.88. The van der Waals surface area contributed by atoms with Gasteiger partial charge in [-0.3, -0.25) is 9.69 Å². The van der Waals surface area contributed by atoms with Crippen LogP contribution in [0.5, 0.6) is 0 Å². The van der Waals surface area contributed by atoms with Crippen molar-refractivity contribution in [2.24, 2.45) is 0 Å². The normalized spacial score (nSPS) is 18.2. The molecular formula is C14H20N2O. The second-order valence-electron chi connectivity index (χ2n) is 4.88. The first-order valence-electron chi connectivity index (χ1n) is 6.14. The van der Waals surface area contributed by atoms with Crippen LogP contribution < -0.4 is 0 Å². The van der Waals surface area contributed by atoms with E-state index in [-0.39, 0.29) is 0 Å². The van der Waals surface area contributed by atoms with Gasteiger partial charge in [-0.05, 0) is 31.2 Å². The summed E-state index contributed by atoms with van der Waals surface area (Å²) in [5.41, 5.74) is 3.33. The molecule has 0 bridgehead atoms. The molecule has 0 atom stereocenters. The summed E-state index contributed by atoms with van der Waals surface area (Å²) in [5, 5.41) is 0. The Morgan fingerprint density at radius 1 is 1.24 bits per heavy atom. The lowest BCUT2D eigenvalue weighted by Crippen LogP contribution is -2.43. The summed E-state index contributed by atoms with van der Waals surface area (Å²) in [4.78, 5) is 15.6. The van der Waals surface area contributed by atoms with E-state index in [2.05, 4.69) is 23.8 Å². The maximum absolute atomic E-state index is 10.8. The Kier molecular flexibility index (Phi) is 3.92. The zero-order chi connectivity index (χ0) is 12.3. The monoisotopic (exact) mass is 232 g/mol. The molecule has 1 aromatic carbocycles. The number of piperazine rings is 1. The van der Waals surface area contributed by atoms with E-state index in [4.69, 9.17) is 0 Å². The molecule has 0 saturated carbocycles. The Morgan fingerprint density at radius 2 is 1.94 bits per heavy atom. The quantitative estimate of drug-likeness (QED) is 0.739. The SMILES string of the molecule is Cc1ccc(C=O)cc1CN1CCN(C)CC1. The van der Waals surface area contributed by atoms with Crippen LogP contribution in [0.25, 0.3) is 0 Å². The highest BCUT2D eigenvalue weighted by Crippen LogP contribution is 2.14. The molecule has 1 aliphatic heterocycles. The molecule has 0 unspecified atom stereocenters. The van der Waals surface area contributed by atoms with Crippen LogP contribution in [0.2, 0.25) is 0 Å². The maximum Gasteiger partial charge on any atom is 0.150 e. The van der Waals surface area contributed by atoms with Crippen molar-refractivity contribution in [3.63, 3.8) is 0 Å². The number of rotatable bonds is 3. The van der Waals surface area contributed by atoms with Crippen molar-refractivity contribution in [3.8, 4) is 0 Å². The Balaban J connectivity index is 2.05. The van der Waals surface area contributed by atoms with Crippen molar-refractivity contribution < 1.29 is 4.79 Å². The van der Waals surface area contributed by atoms with Gasteiger partial charge >= 0.3 is 0 Å². The zero-order valence-electron chi connectivity index (χ0n) is 10.6. The van der Waals surface area contributed by atoms with Crippen LogP contribution in [0, 0.1) is 6.92 Å². The molecule has 1 saturated heterocycles. The Labute approximate surface area is 103 Å². The van der Waals surface area contributed by atoms with Gasteiger partial charge in [0.15, 0.2) is 0 Å². The van der Waals surface area contributed by atoms with E-state index < -0.39 is 0 Å². The molecule has 1 fully saturated rings. The smallest absolute Gasteiger partial charge is 0.150 e. The first-order valence-corrected chi connectivity index (χ1v) is 6.14. The highest BCUT2D eigenvalue weighted by atomic mass is 16.1. The molecule has 0 N–H and O–H groups in total. The van der Waals surface area contributed by atoms with Crippen LogP contribution in [0.3, 0.4) is 0 Å². The van der Waals surface area contributed by atoms with Crippen molar-refractivity contribution in [2.75, 3.05) is 33.2 Å². The third-order valence-corrected chi connectivity index (χ3v) is 3.50. The van der Waals surface area contributed by atoms with E-state index in [0.717, 1.165) is 44.6 Å². The predicted molar refractivity (Wildman–Crippen MR) is 69.3 cm³/mol. The first kappa shape index (κ1) is 12.3. The van der Waals surface area contributed by atoms with E-state index in [1.165, 1.54) is 11.1 Å². The second kappa shape index (κ2) is 5.43. The third-order valence-electron chi connectivity index (χ3n) is 3.50. The maximum atomic E-state index is 10.8. The minimum atomic E-state index is 0.778. The van der Waals surface area contributed by atoms with Crippen LogP contribution in [0.15, 0.2) is 18.2 Å². The average molecular weight is 232 g/mol. The van der Waals surface area contributed by atoms with Gasteiger partial charge in [-0.2, -0.15) is 0 Å². The topological polar surface area (TPSA) is 23.6 Å². The highest BCUT2D eigenvalue weighted by Gasteiger charge is 2.14. The standard InChI is InChI=1S/C14H20N2O/c1-12-3-4-13(11-17)9-14(12)10-16-7-5-15(2)6-8-16/h3-4,9,11H,5-8,10H2,1-2H3. The number of nitrogens with zero attached hydrogens (tertiary/aromatic N) is 2. The van der Waals surface area contributed by atoms with Crippen molar-refractivity contribution in [1.82, 2.24) is 9.80 Å². The van der Waals surface area contributed by atoms with Crippen molar-refractivity contribution in [1.29, 1.82) is 0 Å². The van der Waals surface area contributed by atoms with Gasteiger partial charge in [0.1, 0.15) is 6.29 Å². The lowest BCUT2D eigenvalue weighted by atomic mass is 10.0. The van der Waals surface area contributed by atoms with Gasteiger partial charge in [0.2, 0.25) is 0 Å². The number of benzene rings is 1. The molecule has 1 aromatic rings. The average Bonchev–Trinajstić information content (AvgIpc) is 2.35. The number of hydrogen-bond donors (Lipinski definition) is 0. The molecule has 0 spiro atoms. The van der Waals surface area contributed by atoms with Gasteiger partial charge in [-0.15, -0.1) is 0 Å². The largest absolute Gasteiger partial charge is 0.304 e. The van der Waals surface area contributed by atoms with Crippen LogP contribution in [0.4, 0.5) is 0 Å². The fourth-order valence-electron chi connectivity index (χ4n) is 2.18. The molecule has 3 heteroatoms. The molecule has 1 aliphatic rings. The summed E-state index contributed by atoms with van der Waals surface area (Å²) in [7, 11) is 2.16. The van der Waals surface area contributed by atoms with Crippen LogP contribution in [-0.4, -0.2) is 49.3 Å². The van der Waals surface area contributed by atoms with Gasteiger partial charge in [0, 0.05) is 38.3 Å². The van der Waals surface area contributed by atoms with Gasteiger partial charge in [0.05, 0.1) is 0 Å². The Bertz CT molecular complexity index is 395. The van der Waals surface area contributed by atoms with Crippen molar-refractivity contribution in [3.05, 3.63) is 34.9 Å². The zero-order valence-corrected chi connectivity index (χ0v) is 10.6. The summed E-state index contributed by atoms with van der Waals surface area (Å²) in [6.07, 6.45) is 0.924. The summed E-state index contributed by atoms with van der Waals surface area (Å²) in [5.74, 6) is 0. The molecule has 0 aromatic heterocycles. The third kappa shape index (κ3) is 3.14. The van der Waals surface area contributed by atoms with E-state index in [1.54, 1.807) is 0 Å². The fraction of sp³-hybridized carbons (Fsp3) is 0.500. The van der Waals surface area contributed by atoms with Crippen LogP contribution in [-0.2, 0) is 6.54 Å². The molecule has 3 nitrogen and oxygen atoms in total. The number of aldehydes is 1. The first-order chi connectivity index (χ1) is 8.19. The molecule has 2 rings (SSSR count). The van der Waals surface area contributed by atoms with E-state index in [9.17, 15) is 4.79 Å². The van der Waals surface area contributed by atoms with Crippen molar-refractivity contribution >= 4 is 6.29 Å².